The van der Waals surface area contributed by atoms with E-state index in [-0.39, 0.29) is 17.0 Å². The Labute approximate surface area is 106 Å². The van der Waals surface area contributed by atoms with Crippen LogP contribution in [-0.4, -0.2) is 16.0 Å². The Balaban J connectivity index is 2.55. The van der Waals surface area contributed by atoms with Crippen molar-refractivity contribution in [1.82, 2.24) is 10.2 Å². The van der Waals surface area contributed by atoms with Crippen LogP contribution < -0.4 is 5.73 Å². The average Bonchev–Trinajstić information content (AvgIpc) is 2.71. The molecule has 0 spiro atoms. The molecule has 7 heteroatoms. The molecule has 100 valence electrons. The maximum Gasteiger partial charge on any atom is 0.416 e. The number of alkyl halides is 3. The smallest absolute Gasteiger partial charge is 0.384 e. The van der Waals surface area contributed by atoms with Gasteiger partial charge in [0.05, 0.1) is 11.1 Å². The van der Waals surface area contributed by atoms with Gasteiger partial charge >= 0.3 is 6.18 Å². The van der Waals surface area contributed by atoms with Crippen molar-refractivity contribution >= 4 is 22.6 Å². The Hall–Kier alpha value is -2.31. The number of benzene rings is 1. The van der Waals surface area contributed by atoms with Gasteiger partial charge in [0.15, 0.2) is 5.82 Å². The topological polar surface area (TPSA) is 67.1 Å². The summed E-state index contributed by atoms with van der Waals surface area (Å²) in [4.78, 5) is 3.96. The van der Waals surface area contributed by atoms with Crippen LogP contribution in [0.5, 0.6) is 0 Å². The number of H-pyrrole nitrogens is 1. The zero-order chi connectivity index (χ0) is 14.0. The Morgan fingerprint density at radius 3 is 2.79 bits per heavy atom. The molecule has 1 aromatic heterocycles. The Morgan fingerprint density at radius 1 is 1.42 bits per heavy atom. The van der Waals surface area contributed by atoms with Crippen LogP contribution in [0.15, 0.2) is 35.3 Å². The monoisotopic (exact) mass is 268 g/mol. The normalized spacial score (nSPS) is 13.6. The molecule has 0 aliphatic heterocycles. The highest BCUT2D eigenvalue weighted by atomic mass is 19.4. The van der Waals surface area contributed by atoms with Crippen molar-refractivity contribution in [3.8, 4) is 0 Å². The van der Waals surface area contributed by atoms with Gasteiger partial charge in [-0.1, -0.05) is 6.08 Å². The highest BCUT2D eigenvalue weighted by Crippen LogP contribution is 2.33. The first-order valence-electron chi connectivity index (χ1n) is 5.44. The number of hydrogen-bond acceptors (Lipinski definition) is 2. The molecule has 3 N–H and O–H groups in total. The third-order valence-corrected chi connectivity index (χ3v) is 2.44. The van der Waals surface area contributed by atoms with Crippen LogP contribution in [0.2, 0.25) is 0 Å². The van der Waals surface area contributed by atoms with Crippen LogP contribution in [0.25, 0.3) is 10.9 Å². The fourth-order valence-corrected chi connectivity index (χ4v) is 1.59. The quantitative estimate of drug-likeness (QED) is 0.649. The first kappa shape index (κ1) is 13.1. The van der Waals surface area contributed by atoms with Gasteiger partial charge in [-0.05, 0) is 31.2 Å². The van der Waals surface area contributed by atoms with Crippen LogP contribution in [-0.2, 0) is 6.18 Å². The minimum Gasteiger partial charge on any atom is -0.384 e. The number of amidine groups is 1. The molecular weight excluding hydrogens is 257 g/mol. The van der Waals surface area contributed by atoms with Crippen molar-refractivity contribution < 1.29 is 13.2 Å². The van der Waals surface area contributed by atoms with Crippen LogP contribution in [0.4, 0.5) is 19.0 Å². The van der Waals surface area contributed by atoms with Crippen LogP contribution in [0, 0.1) is 0 Å². The molecule has 2 rings (SSSR count). The lowest BCUT2D eigenvalue weighted by Gasteiger charge is -2.05. The molecule has 1 aromatic carbocycles. The summed E-state index contributed by atoms with van der Waals surface area (Å²) in [6, 6.07) is 3.31. The summed E-state index contributed by atoms with van der Waals surface area (Å²) in [5, 5.41) is 6.74. The van der Waals surface area contributed by atoms with E-state index in [9.17, 15) is 13.2 Å². The molecule has 0 radical (unpaired) electrons. The molecule has 0 saturated heterocycles. The number of nitrogens with zero attached hydrogens (tertiary/aromatic N) is 2. The molecule has 19 heavy (non-hydrogen) atoms. The summed E-state index contributed by atoms with van der Waals surface area (Å²) in [5.74, 6) is 0.310. The van der Waals surface area contributed by atoms with Crippen molar-refractivity contribution in [2.75, 3.05) is 0 Å². The van der Waals surface area contributed by atoms with Crippen LogP contribution in [0.1, 0.15) is 12.5 Å². The van der Waals surface area contributed by atoms with E-state index in [1.54, 1.807) is 13.0 Å². The fraction of sp³-hybridized carbons (Fsp3) is 0.167. The maximum absolute atomic E-state index is 12.6. The molecule has 0 aliphatic rings. The van der Waals surface area contributed by atoms with Gasteiger partial charge in [0.2, 0.25) is 0 Å². The molecule has 1 heterocycles. The fourth-order valence-electron chi connectivity index (χ4n) is 1.59. The predicted octanol–water partition coefficient (Wildman–Crippen LogP) is 3.15. The number of allylic oxidation sites excluding steroid dienone is 1. The SMILES string of the molecule is CC=CC(N)=Nc1n[nH]c2ccc(C(F)(F)F)cc12. The van der Waals surface area contributed by atoms with E-state index in [2.05, 4.69) is 15.2 Å². The largest absolute Gasteiger partial charge is 0.416 e. The number of rotatable bonds is 2. The van der Waals surface area contributed by atoms with Crippen molar-refractivity contribution in [2.24, 2.45) is 10.7 Å². The summed E-state index contributed by atoms with van der Waals surface area (Å²) in [6.07, 6.45) is -1.19. The van der Waals surface area contributed by atoms with Crippen molar-refractivity contribution in [2.45, 2.75) is 13.1 Å². The highest BCUT2D eigenvalue weighted by molar-refractivity contribution is 5.97. The average molecular weight is 268 g/mol. The van der Waals surface area contributed by atoms with Gasteiger partial charge in [-0.25, -0.2) is 4.99 Å². The van der Waals surface area contributed by atoms with E-state index >= 15 is 0 Å². The number of halogens is 3. The van der Waals surface area contributed by atoms with Gasteiger partial charge in [0.25, 0.3) is 0 Å². The van der Waals surface area contributed by atoms with Crippen molar-refractivity contribution in [3.63, 3.8) is 0 Å². The lowest BCUT2D eigenvalue weighted by Crippen LogP contribution is -2.06. The molecule has 0 saturated carbocycles. The molecule has 0 bridgehead atoms. The zero-order valence-electron chi connectivity index (χ0n) is 9.99. The number of aromatic amines is 1. The molecule has 0 unspecified atom stereocenters. The van der Waals surface area contributed by atoms with E-state index in [0.29, 0.717) is 5.52 Å². The van der Waals surface area contributed by atoms with E-state index in [1.807, 2.05) is 0 Å². The standard InChI is InChI=1S/C12H11F3N4/c1-2-3-10(16)17-11-8-6-7(12(13,14)15)4-5-9(8)18-19-11/h2-6H,1H3,(H3,16,17,18,19). The Bertz CT molecular complexity index is 653. The molecule has 0 aliphatic carbocycles. The zero-order valence-corrected chi connectivity index (χ0v) is 9.99. The Morgan fingerprint density at radius 2 is 2.16 bits per heavy atom. The summed E-state index contributed by atoms with van der Waals surface area (Å²) in [7, 11) is 0. The number of nitrogens with one attached hydrogen (secondary N) is 1. The van der Waals surface area contributed by atoms with Gasteiger partial charge in [-0.2, -0.15) is 18.3 Å². The molecule has 0 atom stereocenters. The third-order valence-electron chi connectivity index (χ3n) is 2.44. The first-order valence-corrected chi connectivity index (χ1v) is 5.44. The molecule has 0 fully saturated rings. The Kier molecular flexibility index (Phi) is 3.28. The number of fused-ring (bicyclic) bond motifs is 1. The third kappa shape index (κ3) is 2.75. The lowest BCUT2D eigenvalue weighted by molar-refractivity contribution is -0.137. The van der Waals surface area contributed by atoms with Gasteiger partial charge in [-0.3, -0.25) is 5.10 Å². The lowest BCUT2D eigenvalue weighted by atomic mass is 10.1. The molecule has 0 amide bonds. The molecular formula is C12H11F3N4. The summed E-state index contributed by atoms with van der Waals surface area (Å²) in [6.45, 7) is 1.76. The van der Waals surface area contributed by atoms with Crippen LogP contribution >= 0.6 is 0 Å². The number of hydrogen-bond donors (Lipinski definition) is 2. The molecule has 2 aromatic rings. The van der Waals surface area contributed by atoms with Crippen molar-refractivity contribution in [1.29, 1.82) is 0 Å². The second-order valence-corrected chi connectivity index (χ2v) is 3.84. The van der Waals surface area contributed by atoms with E-state index < -0.39 is 11.7 Å². The molecule has 4 nitrogen and oxygen atoms in total. The van der Waals surface area contributed by atoms with Gasteiger partial charge in [0.1, 0.15) is 5.84 Å². The second kappa shape index (κ2) is 4.75. The first-order chi connectivity index (χ1) is 8.91. The summed E-state index contributed by atoms with van der Waals surface area (Å²) < 4.78 is 37.9. The van der Waals surface area contributed by atoms with Crippen LogP contribution in [0.3, 0.4) is 0 Å². The minimum atomic E-state index is -4.40. The van der Waals surface area contributed by atoms with E-state index in [1.165, 1.54) is 12.1 Å². The maximum atomic E-state index is 12.6. The van der Waals surface area contributed by atoms with E-state index in [4.69, 9.17) is 5.73 Å². The highest BCUT2D eigenvalue weighted by Gasteiger charge is 2.30. The number of aromatic nitrogens is 2. The summed E-state index contributed by atoms with van der Waals surface area (Å²) in [5.41, 5.74) is 5.30. The minimum absolute atomic E-state index is 0.136. The van der Waals surface area contributed by atoms with Gasteiger partial charge in [0, 0.05) is 5.39 Å². The van der Waals surface area contributed by atoms with Gasteiger partial charge in [-0.15, -0.1) is 0 Å². The number of nitrogens with two attached hydrogens (primary N) is 1. The predicted molar refractivity (Wildman–Crippen MR) is 67.2 cm³/mol. The van der Waals surface area contributed by atoms with Crippen molar-refractivity contribution in [3.05, 3.63) is 35.9 Å². The second-order valence-electron chi connectivity index (χ2n) is 3.84. The van der Waals surface area contributed by atoms with E-state index in [0.717, 1.165) is 12.1 Å². The summed E-state index contributed by atoms with van der Waals surface area (Å²) >= 11 is 0. The number of aliphatic imine (C=N–C) groups is 1. The van der Waals surface area contributed by atoms with Gasteiger partial charge < -0.3 is 5.73 Å².